The van der Waals surface area contributed by atoms with Gasteiger partial charge >= 0.3 is 0 Å². The summed E-state index contributed by atoms with van der Waals surface area (Å²) in [6.45, 7) is -0.379. The van der Waals surface area contributed by atoms with E-state index >= 15 is 0 Å². The third-order valence-electron chi connectivity index (χ3n) is 3.10. The van der Waals surface area contributed by atoms with Gasteiger partial charge in [0.05, 0.1) is 0 Å². The van der Waals surface area contributed by atoms with Crippen molar-refractivity contribution >= 4 is 0 Å². The van der Waals surface area contributed by atoms with Crippen LogP contribution in [0.15, 0.2) is 0 Å². The van der Waals surface area contributed by atoms with E-state index in [1.54, 1.807) is 0 Å². The van der Waals surface area contributed by atoms with Gasteiger partial charge in [-0.3, -0.25) is 0 Å². The number of terminal acetylenes is 3. The molecule has 3 N–H and O–H groups in total. The largest absolute Gasteiger partial charge is 0.387 e. The maximum Gasteiger partial charge on any atom is 0.116 e. The van der Waals surface area contributed by atoms with E-state index in [0.29, 0.717) is 0 Å². The average Bonchev–Trinajstić information content (AvgIpc) is 2.47. The van der Waals surface area contributed by atoms with Crippen LogP contribution in [0.3, 0.4) is 0 Å². The smallest absolute Gasteiger partial charge is 0.116 e. The second-order valence-corrected chi connectivity index (χ2v) is 4.41. The maximum absolute atomic E-state index is 10.2. The third-order valence-corrected chi connectivity index (χ3v) is 3.10. The van der Waals surface area contributed by atoms with E-state index in [0.717, 1.165) is 0 Å². The molecule has 1 fully saturated rings. The van der Waals surface area contributed by atoms with Crippen LogP contribution < -0.4 is 0 Å². The van der Waals surface area contributed by atoms with Crippen molar-refractivity contribution in [3.63, 3.8) is 0 Å². The van der Waals surface area contributed by atoms with Crippen LogP contribution >= 0.6 is 0 Å². The quantitative estimate of drug-likeness (QED) is 0.498. The Morgan fingerprint density at radius 3 is 1.05 bits per heavy atom. The minimum absolute atomic E-state index is 0.126. The number of rotatable bonds is 6. The Balaban J connectivity index is 2.91. The Morgan fingerprint density at radius 2 is 0.857 bits per heavy atom. The van der Waals surface area contributed by atoms with Gasteiger partial charge in [0.2, 0.25) is 0 Å². The summed E-state index contributed by atoms with van der Waals surface area (Å²) in [5, 5.41) is 30.5. The van der Waals surface area contributed by atoms with E-state index in [-0.39, 0.29) is 19.8 Å². The molecule has 0 amide bonds. The molecule has 1 saturated carbocycles. The summed E-state index contributed by atoms with van der Waals surface area (Å²) in [5.41, 5.74) is 0. The van der Waals surface area contributed by atoms with Crippen molar-refractivity contribution in [2.45, 2.75) is 36.6 Å². The molecule has 1 aliphatic carbocycles. The second kappa shape index (κ2) is 8.67. The summed E-state index contributed by atoms with van der Waals surface area (Å²) >= 11 is 0. The fraction of sp³-hybridized carbons (Fsp3) is 0.600. The molecule has 0 spiro atoms. The molecule has 0 bridgehead atoms. The Labute approximate surface area is 124 Å². The van der Waals surface area contributed by atoms with Crippen molar-refractivity contribution in [3.05, 3.63) is 0 Å². The maximum atomic E-state index is 10.2. The van der Waals surface area contributed by atoms with Crippen LogP contribution in [-0.2, 0) is 14.2 Å². The SMILES string of the molecule is C#CCOC1C(O)C(OCC#C)C(O)C(OCC#C)C1O. The minimum atomic E-state index is -1.32. The number of aliphatic hydroxyl groups excluding tert-OH is 3. The Bertz CT molecular complexity index is 364. The van der Waals surface area contributed by atoms with E-state index < -0.39 is 36.6 Å². The molecule has 0 saturated heterocycles. The molecule has 0 aromatic rings. The molecule has 6 nitrogen and oxygen atoms in total. The Hall–Kier alpha value is -1.56. The van der Waals surface area contributed by atoms with Crippen LogP contribution in [0.25, 0.3) is 0 Å². The number of aliphatic hydroxyl groups is 3. The zero-order valence-electron chi connectivity index (χ0n) is 11.4. The summed E-state index contributed by atoms with van der Waals surface area (Å²) in [4.78, 5) is 0. The van der Waals surface area contributed by atoms with Crippen molar-refractivity contribution in [2.75, 3.05) is 19.8 Å². The Morgan fingerprint density at radius 1 is 0.619 bits per heavy atom. The van der Waals surface area contributed by atoms with Gasteiger partial charge in [-0.25, -0.2) is 0 Å². The molecule has 1 rings (SSSR count). The van der Waals surface area contributed by atoms with Gasteiger partial charge in [-0.15, -0.1) is 19.3 Å². The molecule has 0 aromatic carbocycles. The highest BCUT2D eigenvalue weighted by Crippen LogP contribution is 2.28. The van der Waals surface area contributed by atoms with Crippen LogP contribution in [-0.4, -0.2) is 71.8 Å². The van der Waals surface area contributed by atoms with Crippen molar-refractivity contribution < 1.29 is 29.5 Å². The summed E-state index contributed by atoms with van der Waals surface area (Å²) in [6.07, 6.45) is 8.06. The van der Waals surface area contributed by atoms with Crippen molar-refractivity contribution in [1.82, 2.24) is 0 Å². The highest BCUT2D eigenvalue weighted by Gasteiger charge is 2.51. The average molecular weight is 294 g/mol. The van der Waals surface area contributed by atoms with E-state index in [9.17, 15) is 15.3 Å². The molecule has 0 radical (unpaired) electrons. The summed E-state index contributed by atoms with van der Waals surface area (Å²) in [7, 11) is 0. The van der Waals surface area contributed by atoms with Gasteiger partial charge in [0, 0.05) is 0 Å². The molecular weight excluding hydrogens is 276 g/mol. The van der Waals surface area contributed by atoms with Gasteiger partial charge < -0.3 is 29.5 Å². The van der Waals surface area contributed by atoms with Gasteiger partial charge in [-0.1, -0.05) is 17.8 Å². The summed E-state index contributed by atoms with van der Waals surface area (Å²) in [6, 6.07) is 0. The predicted octanol–water partition coefficient (Wildman–Crippen LogP) is -1.86. The van der Waals surface area contributed by atoms with Crippen LogP contribution in [0, 0.1) is 37.0 Å². The molecule has 0 aliphatic heterocycles. The van der Waals surface area contributed by atoms with Crippen LogP contribution in [0.4, 0.5) is 0 Å². The summed E-state index contributed by atoms with van der Waals surface area (Å²) < 4.78 is 15.6. The predicted molar refractivity (Wildman–Crippen MR) is 73.7 cm³/mol. The molecule has 1 aliphatic rings. The van der Waals surface area contributed by atoms with Gasteiger partial charge in [0.15, 0.2) is 0 Å². The molecule has 0 unspecified atom stereocenters. The fourth-order valence-electron chi connectivity index (χ4n) is 2.19. The number of hydrogen-bond donors (Lipinski definition) is 3. The standard InChI is InChI=1S/C15H18O6/c1-4-7-19-13-10(16)14(20-8-5-2)12(18)15(11(13)17)21-9-6-3/h1-3,10-18H,7-9H2. The van der Waals surface area contributed by atoms with E-state index in [2.05, 4.69) is 17.8 Å². The molecule has 6 heteroatoms. The van der Waals surface area contributed by atoms with Crippen LogP contribution in [0.5, 0.6) is 0 Å². The molecule has 21 heavy (non-hydrogen) atoms. The first kappa shape index (κ1) is 17.5. The van der Waals surface area contributed by atoms with Crippen molar-refractivity contribution in [2.24, 2.45) is 0 Å². The van der Waals surface area contributed by atoms with Crippen LogP contribution in [0.2, 0.25) is 0 Å². The summed E-state index contributed by atoms with van der Waals surface area (Å²) in [5.74, 6) is 6.69. The number of ether oxygens (including phenoxy) is 3. The number of hydrogen-bond acceptors (Lipinski definition) is 6. The van der Waals surface area contributed by atoms with E-state index in [4.69, 9.17) is 33.5 Å². The first-order valence-electron chi connectivity index (χ1n) is 6.27. The lowest BCUT2D eigenvalue weighted by molar-refractivity contribution is -0.249. The second-order valence-electron chi connectivity index (χ2n) is 4.41. The zero-order chi connectivity index (χ0) is 15.8. The van der Waals surface area contributed by atoms with Gasteiger partial charge in [-0.05, 0) is 0 Å². The molecule has 0 aromatic heterocycles. The highest BCUT2D eigenvalue weighted by molar-refractivity contribution is 5.03. The highest BCUT2D eigenvalue weighted by atomic mass is 16.6. The normalized spacial score (nSPS) is 35.4. The fourth-order valence-corrected chi connectivity index (χ4v) is 2.19. The van der Waals surface area contributed by atoms with Gasteiger partial charge in [0.1, 0.15) is 56.4 Å². The Kier molecular flexibility index (Phi) is 7.22. The van der Waals surface area contributed by atoms with E-state index in [1.807, 2.05) is 0 Å². The third kappa shape index (κ3) is 4.20. The van der Waals surface area contributed by atoms with Crippen LogP contribution in [0.1, 0.15) is 0 Å². The molecular formula is C15H18O6. The lowest BCUT2D eigenvalue weighted by Gasteiger charge is -2.44. The van der Waals surface area contributed by atoms with Gasteiger partial charge in [0.25, 0.3) is 0 Å². The monoisotopic (exact) mass is 294 g/mol. The van der Waals surface area contributed by atoms with Gasteiger partial charge in [-0.2, -0.15) is 0 Å². The lowest BCUT2D eigenvalue weighted by atomic mass is 9.84. The van der Waals surface area contributed by atoms with Crippen molar-refractivity contribution in [3.8, 4) is 37.0 Å². The van der Waals surface area contributed by atoms with E-state index in [1.165, 1.54) is 0 Å². The van der Waals surface area contributed by atoms with Crippen molar-refractivity contribution in [1.29, 1.82) is 0 Å². The minimum Gasteiger partial charge on any atom is -0.387 e. The topological polar surface area (TPSA) is 88.4 Å². The molecule has 114 valence electrons. The molecule has 0 atom stereocenters. The first-order chi connectivity index (χ1) is 10.1. The zero-order valence-corrected chi connectivity index (χ0v) is 11.4. The molecule has 0 heterocycles. The first-order valence-corrected chi connectivity index (χ1v) is 6.27. The lowest BCUT2D eigenvalue weighted by Crippen LogP contribution is -2.65.